The number of nitrogens with two attached hydrogens (primary N) is 1. The van der Waals surface area contributed by atoms with E-state index in [9.17, 15) is 19.7 Å². The topological polar surface area (TPSA) is 115 Å². The molecule has 0 radical (unpaired) electrons. The van der Waals surface area contributed by atoms with Crippen LogP contribution in [0.15, 0.2) is 53.0 Å². The van der Waals surface area contributed by atoms with E-state index in [1.54, 1.807) is 24.3 Å². The minimum atomic E-state index is -0.919. The van der Waals surface area contributed by atoms with Gasteiger partial charge in [0, 0.05) is 28.6 Å². The van der Waals surface area contributed by atoms with Gasteiger partial charge in [-0.05, 0) is 23.8 Å². The predicted molar refractivity (Wildman–Crippen MR) is 91.4 cm³/mol. The molecule has 0 unspecified atom stereocenters. The van der Waals surface area contributed by atoms with Crippen LogP contribution in [0.5, 0.6) is 0 Å². The minimum absolute atomic E-state index is 0.0486. The first-order valence-corrected chi connectivity index (χ1v) is 7.75. The van der Waals surface area contributed by atoms with Crippen LogP contribution in [0.25, 0.3) is 0 Å². The molecule has 8 heteroatoms. The largest absolute Gasteiger partial charge is 0.368 e. The maximum Gasteiger partial charge on any atom is 0.269 e. The number of hydrogen-bond acceptors (Lipinski definition) is 4. The number of nitro groups is 1. The maximum absolute atomic E-state index is 12.2. The molecule has 0 saturated carbocycles. The highest BCUT2D eigenvalue weighted by molar-refractivity contribution is 9.10. The van der Waals surface area contributed by atoms with Gasteiger partial charge in [0.15, 0.2) is 0 Å². The number of nitrogens with one attached hydrogen (secondary N) is 1. The van der Waals surface area contributed by atoms with Gasteiger partial charge in [-0.25, -0.2) is 0 Å². The molecule has 0 aromatic heterocycles. The van der Waals surface area contributed by atoms with Crippen molar-refractivity contribution in [3.8, 4) is 0 Å². The fourth-order valence-corrected chi connectivity index (χ4v) is 2.48. The number of carbonyl (C=O) groups excluding carboxylic acids is 2. The number of amides is 2. The Hall–Kier alpha value is -2.74. The molecule has 2 aromatic rings. The van der Waals surface area contributed by atoms with E-state index in [0.717, 1.165) is 4.47 Å². The summed E-state index contributed by atoms with van der Waals surface area (Å²) >= 11 is 3.27. The van der Waals surface area contributed by atoms with Crippen LogP contribution in [-0.4, -0.2) is 22.8 Å². The van der Waals surface area contributed by atoms with Crippen molar-refractivity contribution >= 4 is 33.4 Å². The molecule has 0 aliphatic carbocycles. The van der Waals surface area contributed by atoms with Crippen molar-refractivity contribution in [1.29, 1.82) is 0 Å². The molecule has 0 spiro atoms. The number of halogens is 1. The molecule has 2 rings (SSSR count). The third-order valence-electron chi connectivity index (χ3n) is 3.32. The van der Waals surface area contributed by atoms with E-state index in [2.05, 4.69) is 21.2 Å². The van der Waals surface area contributed by atoms with Crippen LogP contribution in [0.4, 0.5) is 5.69 Å². The van der Waals surface area contributed by atoms with Crippen LogP contribution in [0.2, 0.25) is 0 Å². The molecular formula is C16H14BrN3O4. The number of benzene rings is 2. The smallest absolute Gasteiger partial charge is 0.269 e. The maximum atomic E-state index is 12.2. The van der Waals surface area contributed by atoms with E-state index >= 15 is 0 Å². The van der Waals surface area contributed by atoms with Gasteiger partial charge in [-0.15, -0.1) is 0 Å². The third-order valence-corrected chi connectivity index (χ3v) is 3.82. The molecule has 1 atom stereocenters. The predicted octanol–water partition coefficient (Wildman–Crippen LogP) is 2.18. The molecule has 3 N–H and O–H groups in total. The van der Waals surface area contributed by atoms with Crippen molar-refractivity contribution in [2.45, 2.75) is 12.5 Å². The molecule has 124 valence electrons. The Kier molecular flexibility index (Phi) is 5.64. The van der Waals surface area contributed by atoms with Gasteiger partial charge in [0.05, 0.1) is 4.92 Å². The van der Waals surface area contributed by atoms with Crippen molar-refractivity contribution in [2.75, 3.05) is 0 Å². The van der Waals surface area contributed by atoms with Crippen LogP contribution in [-0.2, 0) is 11.2 Å². The fraction of sp³-hybridized carbons (Fsp3) is 0.125. The summed E-state index contributed by atoms with van der Waals surface area (Å²) in [7, 11) is 0. The fourth-order valence-electron chi connectivity index (χ4n) is 2.08. The first kappa shape index (κ1) is 17.6. The number of carbonyl (C=O) groups is 2. The highest BCUT2D eigenvalue weighted by Gasteiger charge is 2.20. The number of hydrogen-bond donors (Lipinski definition) is 2. The lowest BCUT2D eigenvalue weighted by molar-refractivity contribution is -0.384. The lowest BCUT2D eigenvalue weighted by atomic mass is 10.0. The average molecular weight is 392 g/mol. The molecule has 0 aliphatic rings. The molecule has 0 heterocycles. The van der Waals surface area contributed by atoms with Crippen molar-refractivity contribution in [3.63, 3.8) is 0 Å². The Bertz CT molecular complexity index is 777. The number of non-ortho nitro benzene ring substituents is 1. The Labute approximate surface area is 146 Å². The first-order chi connectivity index (χ1) is 11.4. The summed E-state index contributed by atoms with van der Waals surface area (Å²) < 4.78 is 0.737. The average Bonchev–Trinajstić information content (AvgIpc) is 2.54. The SMILES string of the molecule is NC(=O)[C@H](Cc1ccc([N+](=O)[O-])cc1)NC(=O)c1cccc(Br)c1. The number of nitrogens with zero attached hydrogens (tertiary/aromatic N) is 1. The molecular weight excluding hydrogens is 378 g/mol. The lowest BCUT2D eigenvalue weighted by Gasteiger charge is -2.15. The summed E-state index contributed by atoms with van der Waals surface area (Å²) in [5.74, 6) is -1.11. The summed E-state index contributed by atoms with van der Waals surface area (Å²) in [6.07, 6.45) is 0.146. The van der Waals surface area contributed by atoms with Crippen molar-refractivity contribution in [1.82, 2.24) is 5.32 Å². The number of primary amides is 1. The molecule has 0 bridgehead atoms. The van der Waals surface area contributed by atoms with Crippen LogP contribution in [0, 0.1) is 10.1 Å². The second-order valence-corrected chi connectivity index (χ2v) is 5.98. The van der Waals surface area contributed by atoms with Crippen LogP contribution < -0.4 is 11.1 Å². The Morgan fingerprint density at radius 3 is 2.42 bits per heavy atom. The van der Waals surface area contributed by atoms with Gasteiger partial charge in [0.25, 0.3) is 11.6 Å². The Balaban J connectivity index is 2.10. The highest BCUT2D eigenvalue weighted by Crippen LogP contribution is 2.14. The summed E-state index contributed by atoms with van der Waals surface area (Å²) in [5.41, 5.74) is 6.34. The molecule has 7 nitrogen and oxygen atoms in total. The zero-order chi connectivity index (χ0) is 17.7. The summed E-state index contributed by atoms with van der Waals surface area (Å²) in [6, 6.07) is 11.5. The van der Waals surface area contributed by atoms with Crippen molar-refractivity contribution in [2.24, 2.45) is 5.73 Å². The molecule has 2 aromatic carbocycles. The van der Waals surface area contributed by atoms with Gasteiger partial charge >= 0.3 is 0 Å². The van der Waals surface area contributed by atoms with Gasteiger partial charge in [-0.3, -0.25) is 19.7 Å². The third kappa shape index (κ3) is 4.63. The van der Waals surface area contributed by atoms with Gasteiger partial charge in [-0.1, -0.05) is 34.1 Å². The second-order valence-electron chi connectivity index (χ2n) is 5.07. The van der Waals surface area contributed by atoms with E-state index in [-0.39, 0.29) is 12.1 Å². The van der Waals surface area contributed by atoms with E-state index < -0.39 is 22.8 Å². The molecule has 0 saturated heterocycles. The van der Waals surface area contributed by atoms with E-state index in [0.29, 0.717) is 11.1 Å². The Morgan fingerprint density at radius 1 is 1.21 bits per heavy atom. The zero-order valence-corrected chi connectivity index (χ0v) is 14.0. The van der Waals surface area contributed by atoms with Gasteiger partial charge in [0.2, 0.25) is 5.91 Å². The van der Waals surface area contributed by atoms with Gasteiger partial charge < -0.3 is 11.1 Å². The molecule has 0 aliphatic heterocycles. The normalized spacial score (nSPS) is 11.5. The molecule has 24 heavy (non-hydrogen) atoms. The molecule has 0 fully saturated rings. The van der Waals surface area contributed by atoms with Crippen molar-refractivity contribution in [3.05, 3.63) is 74.2 Å². The number of nitro benzene ring substituents is 1. The minimum Gasteiger partial charge on any atom is -0.368 e. The van der Waals surface area contributed by atoms with Gasteiger partial charge in [0.1, 0.15) is 6.04 Å². The highest BCUT2D eigenvalue weighted by atomic mass is 79.9. The number of rotatable bonds is 6. The van der Waals surface area contributed by atoms with E-state index in [1.807, 2.05) is 0 Å². The van der Waals surface area contributed by atoms with Gasteiger partial charge in [-0.2, -0.15) is 0 Å². The van der Waals surface area contributed by atoms with Crippen LogP contribution >= 0.6 is 15.9 Å². The standard InChI is InChI=1S/C16H14BrN3O4/c17-12-3-1-2-11(9-12)16(22)19-14(15(18)21)8-10-4-6-13(7-5-10)20(23)24/h1-7,9,14H,8H2,(H2,18,21)(H,19,22)/t14-/m0/s1. The lowest BCUT2D eigenvalue weighted by Crippen LogP contribution is -2.45. The summed E-state index contributed by atoms with van der Waals surface area (Å²) in [6.45, 7) is 0. The van der Waals surface area contributed by atoms with Crippen LogP contribution in [0.3, 0.4) is 0 Å². The van der Waals surface area contributed by atoms with E-state index in [1.165, 1.54) is 24.3 Å². The second kappa shape index (κ2) is 7.69. The van der Waals surface area contributed by atoms with E-state index in [4.69, 9.17) is 5.73 Å². The Morgan fingerprint density at radius 2 is 1.88 bits per heavy atom. The first-order valence-electron chi connectivity index (χ1n) is 6.96. The van der Waals surface area contributed by atoms with Crippen molar-refractivity contribution < 1.29 is 14.5 Å². The summed E-state index contributed by atoms with van der Waals surface area (Å²) in [5, 5.41) is 13.2. The zero-order valence-electron chi connectivity index (χ0n) is 12.4. The molecule has 2 amide bonds. The summed E-state index contributed by atoms with van der Waals surface area (Å²) in [4.78, 5) is 34.0. The quantitative estimate of drug-likeness (QED) is 0.579. The monoisotopic (exact) mass is 391 g/mol. The van der Waals surface area contributed by atoms with Crippen LogP contribution in [0.1, 0.15) is 15.9 Å².